The topological polar surface area (TPSA) is 86.1 Å². The van der Waals surface area contributed by atoms with Crippen molar-refractivity contribution >= 4 is 17.6 Å². The summed E-state index contributed by atoms with van der Waals surface area (Å²) >= 11 is 0. The Hall–Kier alpha value is -2.70. The normalized spacial score (nSPS) is 11.2. The number of carbonyl (C=O) groups is 2. The van der Waals surface area contributed by atoms with E-state index >= 15 is 0 Å². The van der Waals surface area contributed by atoms with E-state index in [1.165, 1.54) is 0 Å². The first-order chi connectivity index (χ1) is 11.7. The molecule has 2 heterocycles. The van der Waals surface area contributed by atoms with Crippen molar-refractivity contribution in [1.29, 1.82) is 0 Å². The molecule has 134 valence electrons. The molecule has 0 saturated heterocycles. The summed E-state index contributed by atoms with van der Waals surface area (Å²) in [7, 11) is 0. The molecule has 1 N–H and O–H groups in total. The summed E-state index contributed by atoms with van der Waals surface area (Å²) in [5.41, 5.74) is 1.34. The Morgan fingerprint density at radius 1 is 1.24 bits per heavy atom. The van der Waals surface area contributed by atoms with Crippen LogP contribution in [-0.4, -0.2) is 32.0 Å². The van der Waals surface area contributed by atoms with E-state index in [0.29, 0.717) is 17.7 Å². The van der Waals surface area contributed by atoms with Crippen molar-refractivity contribution in [3.8, 4) is 11.3 Å². The molecule has 0 radical (unpaired) electrons. The molecule has 0 saturated carbocycles. The fourth-order valence-electron chi connectivity index (χ4n) is 2.19. The highest BCUT2D eigenvalue weighted by molar-refractivity contribution is 6.02. The van der Waals surface area contributed by atoms with E-state index in [0.717, 1.165) is 12.2 Å². The lowest BCUT2D eigenvalue weighted by molar-refractivity contribution is 0.0636. The van der Waals surface area contributed by atoms with Crippen LogP contribution in [0.2, 0.25) is 0 Å². The maximum atomic E-state index is 12.1. The van der Waals surface area contributed by atoms with E-state index in [1.807, 2.05) is 17.7 Å². The van der Waals surface area contributed by atoms with Crippen molar-refractivity contribution in [1.82, 2.24) is 14.5 Å². The minimum Gasteiger partial charge on any atom is -0.444 e. The van der Waals surface area contributed by atoms with Crippen LogP contribution in [0.15, 0.2) is 24.8 Å². The Morgan fingerprint density at radius 2 is 1.96 bits per heavy atom. The predicted octanol–water partition coefficient (Wildman–Crippen LogP) is 3.90. The number of aromatic nitrogens is 3. The fourth-order valence-corrected chi connectivity index (χ4v) is 2.19. The smallest absolute Gasteiger partial charge is 0.412 e. The highest BCUT2D eigenvalue weighted by Gasteiger charge is 2.20. The molecule has 1 amide bonds. The van der Waals surface area contributed by atoms with Crippen LogP contribution in [0.5, 0.6) is 0 Å². The zero-order valence-corrected chi connectivity index (χ0v) is 15.3. The number of anilines is 1. The Labute approximate surface area is 147 Å². The average Bonchev–Trinajstić information content (AvgIpc) is 3.01. The minimum atomic E-state index is -0.635. The molecular weight excluding hydrogens is 320 g/mol. The maximum Gasteiger partial charge on any atom is 0.412 e. The number of ether oxygens (including phenoxy) is 1. The van der Waals surface area contributed by atoms with E-state index in [-0.39, 0.29) is 11.5 Å². The molecule has 0 aliphatic carbocycles. The monoisotopic (exact) mass is 344 g/mol. The molecule has 2 rings (SSSR count). The SMILES string of the molecule is CCC(=O)c1ncc(-c2cn(CC)cn2)cc1NC(=O)OC(C)(C)C. The number of amides is 1. The average molecular weight is 344 g/mol. The number of hydrogen-bond acceptors (Lipinski definition) is 5. The van der Waals surface area contributed by atoms with Gasteiger partial charge in [-0.25, -0.2) is 9.78 Å². The van der Waals surface area contributed by atoms with Gasteiger partial charge in [-0.1, -0.05) is 6.92 Å². The van der Waals surface area contributed by atoms with E-state index < -0.39 is 11.7 Å². The Kier molecular flexibility index (Phi) is 5.56. The van der Waals surface area contributed by atoms with Crippen LogP contribution in [0, 0.1) is 0 Å². The standard InChI is InChI=1S/C18H24N4O3/c1-6-15(23)16-13(21-17(24)25-18(3,4)5)8-12(9-19-16)14-10-22(7-2)11-20-14/h8-11H,6-7H2,1-5H3,(H,21,24). The zero-order valence-electron chi connectivity index (χ0n) is 15.3. The van der Waals surface area contributed by atoms with Gasteiger partial charge < -0.3 is 9.30 Å². The van der Waals surface area contributed by atoms with Crippen LogP contribution in [0.1, 0.15) is 51.5 Å². The van der Waals surface area contributed by atoms with Gasteiger partial charge in [-0.15, -0.1) is 0 Å². The second-order valence-electron chi connectivity index (χ2n) is 6.61. The van der Waals surface area contributed by atoms with Gasteiger partial charge in [-0.05, 0) is 33.8 Å². The number of rotatable bonds is 5. The molecule has 0 spiro atoms. The quantitative estimate of drug-likeness (QED) is 0.831. The van der Waals surface area contributed by atoms with Gasteiger partial charge in [-0.3, -0.25) is 15.1 Å². The molecule has 0 unspecified atom stereocenters. The molecule has 0 aliphatic heterocycles. The summed E-state index contributed by atoms with van der Waals surface area (Å²) in [6, 6.07) is 1.70. The van der Waals surface area contributed by atoms with Crippen LogP contribution in [0.3, 0.4) is 0 Å². The van der Waals surface area contributed by atoms with Crippen molar-refractivity contribution < 1.29 is 14.3 Å². The molecule has 2 aromatic heterocycles. The van der Waals surface area contributed by atoms with Crippen LogP contribution in [0.25, 0.3) is 11.3 Å². The summed E-state index contributed by atoms with van der Waals surface area (Å²) in [5.74, 6) is -0.156. The molecule has 0 bridgehead atoms. The number of nitrogens with one attached hydrogen (secondary N) is 1. The second-order valence-corrected chi connectivity index (χ2v) is 6.61. The van der Waals surface area contributed by atoms with Gasteiger partial charge >= 0.3 is 6.09 Å². The number of Topliss-reactive ketones (excluding diaryl/α,β-unsaturated/α-hetero) is 1. The molecular formula is C18H24N4O3. The first-order valence-corrected chi connectivity index (χ1v) is 8.29. The van der Waals surface area contributed by atoms with Crippen molar-refractivity contribution in [2.45, 2.75) is 53.2 Å². The van der Waals surface area contributed by atoms with Crippen LogP contribution < -0.4 is 5.32 Å². The summed E-state index contributed by atoms with van der Waals surface area (Å²) in [6.07, 6.45) is 4.86. The molecule has 0 fully saturated rings. The predicted molar refractivity (Wildman–Crippen MR) is 95.6 cm³/mol. The fraction of sp³-hybridized carbons (Fsp3) is 0.444. The first-order valence-electron chi connectivity index (χ1n) is 8.29. The molecule has 0 aromatic carbocycles. The second kappa shape index (κ2) is 7.46. The van der Waals surface area contributed by atoms with Crippen molar-refractivity contribution in [2.75, 3.05) is 5.32 Å². The van der Waals surface area contributed by atoms with E-state index in [9.17, 15) is 9.59 Å². The summed E-state index contributed by atoms with van der Waals surface area (Å²) in [4.78, 5) is 32.8. The lowest BCUT2D eigenvalue weighted by Crippen LogP contribution is -2.28. The van der Waals surface area contributed by atoms with Gasteiger partial charge in [0.05, 0.1) is 17.7 Å². The molecule has 0 aliphatic rings. The maximum absolute atomic E-state index is 12.1. The lowest BCUT2D eigenvalue weighted by Gasteiger charge is -2.20. The molecule has 7 heteroatoms. The van der Waals surface area contributed by atoms with Gasteiger partial charge in [0, 0.05) is 30.9 Å². The minimum absolute atomic E-state index is 0.156. The number of nitrogens with zero attached hydrogens (tertiary/aromatic N) is 3. The zero-order chi connectivity index (χ0) is 18.6. The summed E-state index contributed by atoms with van der Waals surface area (Å²) in [6.45, 7) is 9.89. The Morgan fingerprint density at radius 3 is 2.52 bits per heavy atom. The third kappa shape index (κ3) is 4.89. The van der Waals surface area contributed by atoms with Crippen molar-refractivity contribution in [3.05, 3.63) is 30.5 Å². The van der Waals surface area contributed by atoms with E-state index in [4.69, 9.17) is 4.74 Å². The summed E-state index contributed by atoms with van der Waals surface area (Å²) < 4.78 is 7.20. The van der Waals surface area contributed by atoms with Gasteiger partial charge in [0.25, 0.3) is 0 Å². The van der Waals surface area contributed by atoms with E-state index in [2.05, 4.69) is 15.3 Å². The van der Waals surface area contributed by atoms with Gasteiger partial charge in [0.1, 0.15) is 11.3 Å². The van der Waals surface area contributed by atoms with Crippen molar-refractivity contribution in [2.24, 2.45) is 0 Å². The van der Waals surface area contributed by atoms with Crippen LogP contribution in [0.4, 0.5) is 10.5 Å². The number of hydrogen-bond donors (Lipinski definition) is 1. The number of aryl methyl sites for hydroxylation is 1. The van der Waals surface area contributed by atoms with Crippen LogP contribution in [-0.2, 0) is 11.3 Å². The molecule has 25 heavy (non-hydrogen) atoms. The first kappa shape index (κ1) is 18.6. The van der Waals surface area contributed by atoms with Crippen molar-refractivity contribution in [3.63, 3.8) is 0 Å². The van der Waals surface area contributed by atoms with Gasteiger partial charge in [0.15, 0.2) is 5.78 Å². The molecule has 7 nitrogen and oxygen atoms in total. The highest BCUT2D eigenvalue weighted by Crippen LogP contribution is 2.24. The number of imidazole rings is 1. The molecule has 0 atom stereocenters. The third-order valence-electron chi connectivity index (χ3n) is 3.40. The van der Waals surface area contributed by atoms with Crippen LogP contribution >= 0.6 is 0 Å². The number of ketones is 1. The number of pyridine rings is 1. The Bertz CT molecular complexity index is 775. The third-order valence-corrected chi connectivity index (χ3v) is 3.40. The van der Waals surface area contributed by atoms with Gasteiger partial charge in [-0.2, -0.15) is 0 Å². The van der Waals surface area contributed by atoms with Gasteiger partial charge in [0.2, 0.25) is 0 Å². The van der Waals surface area contributed by atoms with E-state index in [1.54, 1.807) is 46.3 Å². The number of carbonyl (C=O) groups excluding carboxylic acids is 2. The lowest BCUT2D eigenvalue weighted by atomic mass is 10.1. The highest BCUT2D eigenvalue weighted by atomic mass is 16.6. The molecule has 2 aromatic rings. The summed E-state index contributed by atoms with van der Waals surface area (Å²) in [5, 5.41) is 2.63. The largest absolute Gasteiger partial charge is 0.444 e. The Balaban J connectivity index is 2.37.